The topological polar surface area (TPSA) is 64.6 Å². The molecule has 0 aliphatic heterocycles. The third-order valence-electron chi connectivity index (χ3n) is 3.18. The number of hydrogen-bond donors (Lipinski definition) is 1. The van der Waals surface area contributed by atoms with Gasteiger partial charge in [-0.15, -0.1) is 0 Å². The second-order valence-electron chi connectivity index (χ2n) is 4.82. The number of hydrogen-bond acceptors (Lipinski definition) is 4. The highest BCUT2D eigenvalue weighted by molar-refractivity contribution is 6.31. The van der Waals surface area contributed by atoms with Gasteiger partial charge >= 0.3 is 0 Å². The fraction of sp³-hybridized carbons (Fsp3) is 0.176. The Morgan fingerprint density at radius 3 is 2.74 bits per heavy atom. The van der Waals surface area contributed by atoms with E-state index in [2.05, 4.69) is 5.32 Å². The number of methoxy groups -OCH3 is 1. The molecule has 2 rings (SSSR count). The van der Waals surface area contributed by atoms with Crippen LogP contribution in [0.25, 0.3) is 0 Å². The number of carbonyl (C=O) groups excluding carboxylic acids is 2. The normalized spacial score (nSPS) is 10.0. The van der Waals surface area contributed by atoms with E-state index in [1.165, 1.54) is 7.11 Å². The Hall–Kier alpha value is -2.53. The van der Waals surface area contributed by atoms with E-state index in [0.29, 0.717) is 34.1 Å². The zero-order valence-electron chi connectivity index (χ0n) is 12.8. The SMILES string of the molecule is COc1ccc(OCC(=O)Nc2cc(Cl)ccc2C)c(C=O)c1. The van der Waals surface area contributed by atoms with E-state index in [4.69, 9.17) is 21.1 Å². The van der Waals surface area contributed by atoms with Gasteiger partial charge in [0.1, 0.15) is 11.5 Å². The summed E-state index contributed by atoms with van der Waals surface area (Å²) >= 11 is 5.91. The summed E-state index contributed by atoms with van der Waals surface area (Å²) < 4.78 is 10.4. The minimum absolute atomic E-state index is 0.223. The van der Waals surface area contributed by atoms with Crippen molar-refractivity contribution >= 4 is 29.5 Å². The summed E-state index contributed by atoms with van der Waals surface area (Å²) in [7, 11) is 1.51. The number of amides is 1. The first kappa shape index (κ1) is 16.8. The van der Waals surface area contributed by atoms with E-state index in [1.54, 1.807) is 30.3 Å². The van der Waals surface area contributed by atoms with Gasteiger partial charge in [0.25, 0.3) is 5.91 Å². The zero-order chi connectivity index (χ0) is 16.8. The lowest BCUT2D eigenvalue weighted by molar-refractivity contribution is -0.118. The number of halogens is 1. The first-order valence-electron chi connectivity index (χ1n) is 6.85. The summed E-state index contributed by atoms with van der Waals surface area (Å²) in [5, 5.41) is 3.25. The van der Waals surface area contributed by atoms with Crippen molar-refractivity contribution in [3.8, 4) is 11.5 Å². The Bertz CT molecular complexity index is 731. The van der Waals surface area contributed by atoms with Crippen LogP contribution in [-0.4, -0.2) is 25.9 Å². The Kier molecular flexibility index (Phi) is 5.60. The van der Waals surface area contributed by atoms with Crippen molar-refractivity contribution < 1.29 is 19.1 Å². The number of aryl methyl sites for hydroxylation is 1. The van der Waals surface area contributed by atoms with Gasteiger partial charge in [-0.05, 0) is 42.8 Å². The predicted octanol–water partition coefficient (Wildman–Crippen LogP) is 3.49. The van der Waals surface area contributed by atoms with Gasteiger partial charge in [-0.1, -0.05) is 17.7 Å². The largest absolute Gasteiger partial charge is 0.497 e. The maximum Gasteiger partial charge on any atom is 0.262 e. The standard InChI is InChI=1S/C17H16ClNO4/c1-11-3-4-13(18)8-15(11)19-17(21)10-23-16-6-5-14(22-2)7-12(16)9-20/h3-9H,10H2,1-2H3,(H,19,21). The van der Waals surface area contributed by atoms with Crippen molar-refractivity contribution in [1.82, 2.24) is 0 Å². The van der Waals surface area contributed by atoms with Crippen molar-refractivity contribution in [2.24, 2.45) is 0 Å². The lowest BCUT2D eigenvalue weighted by Gasteiger charge is -2.11. The minimum Gasteiger partial charge on any atom is -0.497 e. The number of carbonyl (C=O) groups is 2. The van der Waals surface area contributed by atoms with Crippen LogP contribution in [0.4, 0.5) is 5.69 Å². The summed E-state index contributed by atoms with van der Waals surface area (Å²) in [6.45, 7) is 1.64. The first-order valence-corrected chi connectivity index (χ1v) is 7.23. The molecule has 2 aromatic rings. The molecule has 0 spiro atoms. The molecular weight excluding hydrogens is 318 g/mol. The summed E-state index contributed by atoms with van der Waals surface area (Å²) in [5.41, 5.74) is 1.83. The molecule has 5 nitrogen and oxygen atoms in total. The summed E-state index contributed by atoms with van der Waals surface area (Å²) in [6, 6.07) is 10.0. The molecule has 0 bridgehead atoms. The molecule has 2 aromatic carbocycles. The summed E-state index contributed by atoms with van der Waals surface area (Å²) in [5.74, 6) is 0.514. The molecule has 0 aliphatic carbocycles. The lowest BCUT2D eigenvalue weighted by atomic mass is 10.2. The van der Waals surface area contributed by atoms with Gasteiger partial charge in [0.2, 0.25) is 0 Å². The molecule has 0 fully saturated rings. The number of rotatable bonds is 6. The smallest absolute Gasteiger partial charge is 0.262 e. The van der Waals surface area contributed by atoms with Gasteiger partial charge in [0.15, 0.2) is 12.9 Å². The van der Waals surface area contributed by atoms with Crippen molar-refractivity contribution in [2.45, 2.75) is 6.92 Å². The molecule has 1 amide bonds. The quantitative estimate of drug-likeness (QED) is 0.822. The van der Waals surface area contributed by atoms with E-state index in [-0.39, 0.29) is 12.5 Å². The maximum atomic E-state index is 12.0. The van der Waals surface area contributed by atoms with Crippen LogP contribution >= 0.6 is 11.6 Å². The molecule has 0 atom stereocenters. The molecule has 120 valence electrons. The van der Waals surface area contributed by atoms with Gasteiger partial charge in [-0.25, -0.2) is 0 Å². The van der Waals surface area contributed by atoms with E-state index in [1.807, 2.05) is 13.0 Å². The first-order chi connectivity index (χ1) is 11.0. The van der Waals surface area contributed by atoms with Crippen molar-refractivity contribution in [1.29, 1.82) is 0 Å². The van der Waals surface area contributed by atoms with Crippen LogP contribution in [-0.2, 0) is 4.79 Å². The van der Waals surface area contributed by atoms with Crippen LogP contribution in [0.2, 0.25) is 5.02 Å². The predicted molar refractivity (Wildman–Crippen MR) is 88.7 cm³/mol. The fourth-order valence-corrected chi connectivity index (χ4v) is 2.11. The molecule has 1 N–H and O–H groups in total. The van der Waals surface area contributed by atoms with Crippen LogP contribution in [0.3, 0.4) is 0 Å². The molecule has 0 heterocycles. The highest BCUT2D eigenvalue weighted by Crippen LogP contribution is 2.23. The molecule has 0 saturated heterocycles. The third kappa shape index (κ3) is 4.47. The molecular formula is C17H16ClNO4. The zero-order valence-corrected chi connectivity index (χ0v) is 13.5. The van der Waals surface area contributed by atoms with E-state index < -0.39 is 0 Å². The lowest BCUT2D eigenvalue weighted by Crippen LogP contribution is -2.21. The summed E-state index contributed by atoms with van der Waals surface area (Å²) in [6.07, 6.45) is 0.650. The monoisotopic (exact) mass is 333 g/mol. The molecule has 0 radical (unpaired) electrons. The molecule has 0 saturated carbocycles. The van der Waals surface area contributed by atoms with Gasteiger partial charge in [-0.2, -0.15) is 0 Å². The average Bonchev–Trinajstić information content (AvgIpc) is 2.56. The molecule has 0 aliphatic rings. The Morgan fingerprint density at radius 2 is 2.04 bits per heavy atom. The summed E-state index contributed by atoms with van der Waals surface area (Å²) in [4.78, 5) is 23.0. The average molecular weight is 334 g/mol. The van der Waals surface area contributed by atoms with Crippen LogP contribution in [0.15, 0.2) is 36.4 Å². The second kappa shape index (κ2) is 7.65. The highest BCUT2D eigenvalue weighted by atomic mass is 35.5. The number of nitrogens with one attached hydrogen (secondary N) is 1. The van der Waals surface area contributed by atoms with Crippen LogP contribution in [0, 0.1) is 6.92 Å². The third-order valence-corrected chi connectivity index (χ3v) is 3.41. The van der Waals surface area contributed by atoms with Gasteiger partial charge < -0.3 is 14.8 Å². The van der Waals surface area contributed by atoms with E-state index in [0.717, 1.165) is 5.56 Å². The number of anilines is 1. The van der Waals surface area contributed by atoms with Crippen molar-refractivity contribution in [3.05, 3.63) is 52.5 Å². The Balaban J connectivity index is 2.02. The van der Waals surface area contributed by atoms with Gasteiger partial charge in [0, 0.05) is 10.7 Å². The second-order valence-corrected chi connectivity index (χ2v) is 5.25. The number of aldehydes is 1. The van der Waals surface area contributed by atoms with E-state index in [9.17, 15) is 9.59 Å². The van der Waals surface area contributed by atoms with Gasteiger partial charge in [-0.3, -0.25) is 9.59 Å². The Labute approximate surface area is 139 Å². The molecule has 0 aromatic heterocycles. The Morgan fingerprint density at radius 1 is 1.26 bits per heavy atom. The van der Waals surface area contributed by atoms with Crippen molar-refractivity contribution in [2.75, 3.05) is 19.0 Å². The molecule has 0 unspecified atom stereocenters. The minimum atomic E-state index is -0.344. The highest BCUT2D eigenvalue weighted by Gasteiger charge is 2.09. The van der Waals surface area contributed by atoms with Crippen LogP contribution in [0.5, 0.6) is 11.5 Å². The van der Waals surface area contributed by atoms with Crippen LogP contribution < -0.4 is 14.8 Å². The number of ether oxygens (including phenoxy) is 2. The van der Waals surface area contributed by atoms with Crippen molar-refractivity contribution in [3.63, 3.8) is 0 Å². The molecule has 6 heteroatoms. The van der Waals surface area contributed by atoms with Crippen LogP contribution in [0.1, 0.15) is 15.9 Å². The maximum absolute atomic E-state index is 12.0. The number of benzene rings is 2. The van der Waals surface area contributed by atoms with E-state index >= 15 is 0 Å². The van der Waals surface area contributed by atoms with Gasteiger partial charge in [0.05, 0.1) is 12.7 Å². The molecule has 23 heavy (non-hydrogen) atoms. The fourth-order valence-electron chi connectivity index (χ4n) is 1.94.